The molecule has 0 atom stereocenters. The maximum Gasteiger partial charge on any atom is 0.0815 e. The van der Waals surface area contributed by atoms with Gasteiger partial charge in [0.25, 0.3) is 0 Å². The summed E-state index contributed by atoms with van der Waals surface area (Å²) in [5, 5.41) is 8.79. The van der Waals surface area contributed by atoms with Gasteiger partial charge >= 0.3 is 0 Å². The Morgan fingerprint density at radius 2 is 2.00 bits per heavy atom. The van der Waals surface area contributed by atoms with Crippen LogP contribution in [0.3, 0.4) is 0 Å². The zero-order valence-corrected chi connectivity index (χ0v) is 13.1. The van der Waals surface area contributed by atoms with Gasteiger partial charge in [-0.25, -0.2) is 0 Å². The molecule has 4 heteroatoms. The second kappa shape index (κ2) is 6.80. The third-order valence-corrected chi connectivity index (χ3v) is 3.87. The number of aromatic nitrogens is 2. The Balaban J connectivity index is 2.02. The monoisotopic (exact) mass is 291 g/mol. The summed E-state index contributed by atoms with van der Waals surface area (Å²) in [5.41, 5.74) is 3.31. The summed E-state index contributed by atoms with van der Waals surface area (Å²) in [6, 6.07) is 8.45. The summed E-state index contributed by atoms with van der Waals surface area (Å²) >= 11 is 6.02. The summed E-state index contributed by atoms with van der Waals surface area (Å²) in [6.45, 7) is 7.18. The van der Waals surface area contributed by atoms with Crippen molar-refractivity contribution in [3.8, 4) is 0 Å². The lowest BCUT2D eigenvalue weighted by atomic mass is 10.2. The first-order chi connectivity index (χ1) is 9.63. The van der Waals surface area contributed by atoms with Crippen molar-refractivity contribution in [2.24, 2.45) is 0 Å². The topological polar surface area (TPSA) is 29.9 Å². The highest BCUT2D eigenvalue weighted by Crippen LogP contribution is 2.21. The van der Waals surface area contributed by atoms with Gasteiger partial charge in [-0.2, -0.15) is 5.10 Å². The highest BCUT2D eigenvalue weighted by atomic mass is 35.5. The molecular weight excluding hydrogens is 270 g/mol. The number of benzene rings is 1. The van der Waals surface area contributed by atoms with E-state index in [4.69, 9.17) is 11.6 Å². The SMILES string of the molecule is CCC(CC)n1ccc(CNc2cc(Cl)ccc2C)n1. The van der Waals surface area contributed by atoms with Crippen molar-refractivity contribution in [1.82, 2.24) is 9.78 Å². The molecule has 0 unspecified atom stereocenters. The first kappa shape index (κ1) is 14.9. The average molecular weight is 292 g/mol. The number of rotatable bonds is 6. The predicted octanol–water partition coefficient (Wildman–Crippen LogP) is 4.82. The Bertz CT molecular complexity index is 559. The van der Waals surface area contributed by atoms with Gasteiger partial charge in [0.05, 0.1) is 18.3 Å². The summed E-state index contributed by atoms with van der Waals surface area (Å²) in [6.07, 6.45) is 4.29. The van der Waals surface area contributed by atoms with Gasteiger partial charge < -0.3 is 5.32 Å². The van der Waals surface area contributed by atoms with Crippen molar-refractivity contribution in [3.63, 3.8) is 0 Å². The fraction of sp³-hybridized carbons (Fsp3) is 0.438. The standard InChI is InChI=1S/C16H22ClN3/c1-4-15(5-2)20-9-8-14(19-20)11-18-16-10-13(17)7-6-12(16)3/h6-10,15,18H,4-5,11H2,1-3H3. The average Bonchev–Trinajstić information content (AvgIpc) is 2.90. The molecule has 3 nitrogen and oxygen atoms in total. The zero-order valence-electron chi connectivity index (χ0n) is 12.4. The smallest absolute Gasteiger partial charge is 0.0815 e. The molecule has 0 spiro atoms. The third-order valence-electron chi connectivity index (χ3n) is 3.64. The number of nitrogens with zero attached hydrogens (tertiary/aromatic N) is 2. The summed E-state index contributed by atoms with van der Waals surface area (Å²) < 4.78 is 2.07. The number of anilines is 1. The van der Waals surface area contributed by atoms with Crippen molar-refractivity contribution < 1.29 is 0 Å². The van der Waals surface area contributed by atoms with E-state index in [1.165, 1.54) is 5.56 Å². The molecule has 1 aromatic carbocycles. The molecule has 0 radical (unpaired) electrons. The second-order valence-corrected chi connectivity index (χ2v) is 5.51. The van der Waals surface area contributed by atoms with Crippen LogP contribution in [0.5, 0.6) is 0 Å². The lowest BCUT2D eigenvalue weighted by molar-refractivity contribution is 0.426. The molecule has 0 aliphatic carbocycles. The van der Waals surface area contributed by atoms with Crippen LogP contribution in [0.15, 0.2) is 30.5 Å². The molecule has 0 aliphatic heterocycles. The quantitative estimate of drug-likeness (QED) is 0.827. The van der Waals surface area contributed by atoms with Crippen LogP contribution >= 0.6 is 11.6 Å². The Morgan fingerprint density at radius 1 is 1.25 bits per heavy atom. The minimum atomic E-state index is 0.497. The third kappa shape index (κ3) is 3.54. The molecule has 2 aromatic rings. The molecule has 1 heterocycles. The maximum absolute atomic E-state index is 6.02. The molecule has 0 bridgehead atoms. The van der Waals surface area contributed by atoms with Crippen LogP contribution in [0.2, 0.25) is 5.02 Å². The first-order valence-electron chi connectivity index (χ1n) is 7.18. The van der Waals surface area contributed by atoms with Gasteiger partial charge in [-0.1, -0.05) is 31.5 Å². The summed E-state index contributed by atoms with van der Waals surface area (Å²) in [4.78, 5) is 0. The number of nitrogens with one attached hydrogen (secondary N) is 1. The van der Waals surface area contributed by atoms with E-state index in [1.54, 1.807) is 0 Å². The van der Waals surface area contributed by atoms with Crippen molar-refractivity contribution >= 4 is 17.3 Å². The van der Waals surface area contributed by atoms with Crippen molar-refractivity contribution in [2.75, 3.05) is 5.32 Å². The van der Waals surface area contributed by atoms with E-state index >= 15 is 0 Å². The number of hydrogen-bond acceptors (Lipinski definition) is 2. The van der Waals surface area contributed by atoms with Gasteiger partial charge in [-0.15, -0.1) is 0 Å². The molecule has 2 rings (SSSR count). The molecule has 1 aromatic heterocycles. The normalized spacial score (nSPS) is 11.1. The first-order valence-corrected chi connectivity index (χ1v) is 7.55. The zero-order chi connectivity index (χ0) is 14.5. The lowest BCUT2D eigenvalue weighted by Crippen LogP contribution is -2.09. The van der Waals surface area contributed by atoms with Crippen LogP contribution in [-0.2, 0) is 6.54 Å². The van der Waals surface area contributed by atoms with Crippen LogP contribution in [-0.4, -0.2) is 9.78 Å². The molecule has 20 heavy (non-hydrogen) atoms. The van der Waals surface area contributed by atoms with Crippen LogP contribution in [0.1, 0.15) is 44.0 Å². The predicted molar refractivity (Wildman–Crippen MR) is 85.4 cm³/mol. The largest absolute Gasteiger partial charge is 0.379 e. The fourth-order valence-electron chi connectivity index (χ4n) is 2.31. The van der Waals surface area contributed by atoms with E-state index in [1.807, 2.05) is 18.2 Å². The van der Waals surface area contributed by atoms with Crippen LogP contribution < -0.4 is 5.32 Å². The second-order valence-electron chi connectivity index (χ2n) is 5.07. The molecule has 108 valence electrons. The number of aryl methyl sites for hydroxylation is 1. The Morgan fingerprint density at radius 3 is 2.70 bits per heavy atom. The Hall–Kier alpha value is -1.48. The Kier molecular flexibility index (Phi) is 5.07. The van der Waals surface area contributed by atoms with Crippen molar-refractivity contribution in [3.05, 3.63) is 46.7 Å². The molecule has 1 N–H and O–H groups in total. The van der Waals surface area contributed by atoms with E-state index in [-0.39, 0.29) is 0 Å². The summed E-state index contributed by atoms with van der Waals surface area (Å²) in [5.74, 6) is 0. The van der Waals surface area contributed by atoms with E-state index in [9.17, 15) is 0 Å². The fourth-order valence-corrected chi connectivity index (χ4v) is 2.48. The lowest BCUT2D eigenvalue weighted by Gasteiger charge is -2.12. The molecular formula is C16H22ClN3. The van der Waals surface area contributed by atoms with E-state index in [0.717, 1.165) is 29.2 Å². The molecule has 0 fully saturated rings. The van der Waals surface area contributed by atoms with E-state index < -0.39 is 0 Å². The van der Waals surface area contributed by atoms with Gasteiger partial charge in [0.2, 0.25) is 0 Å². The van der Waals surface area contributed by atoms with Gasteiger partial charge in [-0.05, 0) is 43.5 Å². The van der Waals surface area contributed by atoms with Crippen molar-refractivity contribution in [2.45, 2.75) is 46.2 Å². The van der Waals surface area contributed by atoms with Crippen molar-refractivity contribution in [1.29, 1.82) is 0 Å². The highest BCUT2D eigenvalue weighted by molar-refractivity contribution is 6.30. The van der Waals surface area contributed by atoms with E-state index in [2.05, 4.69) is 48.1 Å². The molecule has 0 amide bonds. The van der Waals surface area contributed by atoms with Gasteiger partial charge in [0.1, 0.15) is 0 Å². The van der Waals surface area contributed by atoms with Crippen LogP contribution in [0.25, 0.3) is 0 Å². The maximum atomic E-state index is 6.02. The minimum Gasteiger partial charge on any atom is -0.379 e. The van der Waals surface area contributed by atoms with Crippen LogP contribution in [0, 0.1) is 6.92 Å². The molecule has 0 saturated heterocycles. The number of hydrogen-bond donors (Lipinski definition) is 1. The van der Waals surface area contributed by atoms with Gasteiger partial charge in [0.15, 0.2) is 0 Å². The minimum absolute atomic E-state index is 0.497. The molecule has 0 aliphatic rings. The van der Waals surface area contributed by atoms with E-state index in [0.29, 0.717) is 12.6 Å². The van der Waals surface area contributed by atoms with Crippen LogP contribution in [0.4, 0.5) is 5.69 Å². The van der Waals surface area contributed by atoms with Gasteiger partial charge in [0, 0.05) is 16.9 Å². The molecule has 0 saturated carbocycles. The highest BCUT2D eigenvalue weighted by Gasteiger charge is 2.08. The number of halogens is 1. The summed E-state index contributed by atoms with van der Waals surface area (Å²) in [7, 11) is 0. The Labute approximate surface area is 126 Å². The van der Waals surface area contributed by atoms with Gasteiger partial charge in [-0.3, -0.25) is 4.68 Å².